The number of nitrogen functional groups attached to an aromatic ring is 1. The van der Waals surface area contributed by atoms with Crippen LogP contribution in [0.1, 0.15) is 18.7 Å². The van der Waals surface area contributed by atoms with Gasteiger partial charge in [-0.15, -0.1) is 0 Å². The SMILES string of the molecule is C=C1O[P@@](=O)(S)OC[C@H]2O[C@@H](n3cnc4c(N)ncnc43)[C@H](F)[C@@H]2O[P@](=O)(S)OC[C@H]2C[C@@H](n3cnc4c(O)n5ccnc5nc43)[C@H]12. The van der Waals surface area contributed by atoms with Crippen molar-refractivity contribution in [2.75, 3.05) is 18.9 Å². The number of thiol groups is 2. The number of alkyl halides is 1. The zero-order valence-corrected chi connectivity index (χ0v) is 27.4. The summed E-state index contributed by atoms with van der Waals surface area (Å²) in [5.41, 5.74) is 6.84. The lowest BCUT2D eigenvalue weighted by molar-refractivity contribution is -0.0402. The second-order valence-corrected chi connectivity index (χ2v) is 16.9. The molecule has 0 aromatic carbocycles. The summed E-state index contributed by atoms with van der Waals surface area (Å²) in [6.07, 6.45) is 1.19. The molecule has 2 aliphatic heterocycles. The van der Waals surface area contributed by atoms with Crippen LogP contribution in [0.25, 0.3) is 28.1 Å². The predicted octanol–water partition coefficient (Wildman–Crippen LogP) is 3.66. The Hall–Kier alpha value is -3.29. The van der Waals surface area contributed by atoms with Gasteiger partial charge in [0, 0.05) is 24.4 Å². The smallest absolute Gasteiger partial charge is 0.436 e. The molecule has 5 aromatic heterocycles. The van der Waals surface area contributed by atoms with E-state index in [1.807, 2.05) is 0 Å². The van der Waals surface area contributed by atoms with Crippen LogP contribution in [-0.4, -0.2) is 80.1 Å². The van der Waals surface area contributed by atoms with Crippen molar-refractivity contribution in [3.05, 3.63) is 43.7 Å². The lowest BCUT2D eigenvalue weighted by Crippen LogP contribution is -2.42. The Morgan fingerprint density at radius 3 is 2.62 bits per heavy atom. The molecule has 0 spiro atoms. The van der Waals surface area contributed by atoms with Crippen LogP contribution in [0.5, 0.6) is 5.88 Å². The summed E-state index contributed by atoms with van der Waals surface area (Å²) < 4.78 is 76.0. The fourth-order valence-electron chi connectivity index (χ4n) is 6.29. The lowest BCUT2D eigenvalue weighted by atomic mass is 9.68. The number of allylic oxidation sites excluding steroid dienone is 1. The van der Waals surface area contributed by atoms with E-state index in [0.29, 0.717) is 12.1 Å². The van der Waals surface area contributed by atoms with Crippen molar-refractivity contribution >= 4 is 72.0 Å². The van der Waals surface area contributed by atoms with E-state index in [1.54, 1.807) is 10.8 Å². The lowest BCUT2D eigenvalue weighted by Gasteiger charge is -2.45. The van der Waals surface area contributed by atoms with E-state index >= 15 is 4.39 Å². The highest BCUT2D eigenvalue weighted by atomic mass is 32.7. The van der Waals surface area contributed by atoms with Gasteiger partial charge in [0.05, 0.1) is 25.9 Å². The Morgan fingerprint density at radius 2 is 1.79 bits per heavy atom. The van der Waals surface area contributed by atoms with E-state index < -0.39 is 62.7 Å². The van der Waals surface area contributed by atoms with Gasteiger partial charge in [-0.1, -0.05) is 18.8 Å². The number of hydrogen-bond acceptors (Lipinski definition) is 15. The Labute approximate surface area is 273 Å². The molecular weight excluding hydrogens is 701 g/mol. The second kappa shape index (κ2) is 11.1. The van der Waals surface area contributed by atoms with Gasteiger partial charge >= 0.3 is 13.6 Å². The average Bonchev–Trinajstić information content (AvgIpc) is 3.78. The highest BCUT2D eigenvalue weighted by molar-refractivity contribution is 8.44. The maximum absolute atomic E-state index is 16.1. The minimum absolute atomic E-state index is 0.0302. The predicted molar refractivity (Wildman–Crippen MR) is 167 cm³/mol. The summed E-state index contributed by atoms with van der Waals surface area (Å²) in [7, 11) is 0. The van der Waals surface area contributed by atoms with Gasteiger partial charge in [-0.2, -0.15) is 4.98 Å². The van der Waals surface area contributed by atoms with Crippen LogP contribution >= 0.6 is 38.1 Å². The van der Waals surface area contributed by atoms with E-state index in [4.69, 9.17) is 28.6 Å². The maximum atomic E-state index is 16.1. The number of imidazole rings is 3. The summed E-state index contributed by atoms with van der Waals surface area (Å²) in [6.45, 7) is -5.16. The minimum Gasteiger partial charge on any atom is -0.493 e. The van der Waals surface area contributed by atoms with Gasteiger partial charge in [-0.3, -0.25) is 18.0 Å². The fraction of sp³-hybridized carbons (Fsp3) is 0.417. The van der Waals surface area contributed by atoms with Gasteiger partial charge in [0.2, 0.25) is 11.7 Å². The number of halogens is 1. The van der Waals surface area contributed by atoms with Crippen LogP contribution in [0, 0.1) is 11.8 Å². The van der Waals surface area contributed by atoms with Gasteiger partial charge in [-0.05, 0) is 24.6 Å². The molecule has 1 aliphatic carbocycles. The number of ether oxygens (including phenoxy) is 1. The first-order chi connectivity index (χ1) is 22.4. The fourth-order valence-corrected chi connectivity index (χ4v) is 9.13. The quantitative estimate of drug-likeness (QED) is 0.151. The molecular formula is C24H25FN10O8P2S2. The molecule has 0 amide bonds. The molecule has 18 nitrogen and oxygen atoms in total. The number of nitrogens with two attached hydrogens (primary N) is 1. The molecule has 1 saturated carbocycles. The Morgan fingerprint density at radius 1 is 1.02 bits per heavy atom. The molecule has 7 heterocycles. The summed E-state index contributed by atoms with van der Waals surface area (Å²) in [5.74, 6) is -0.813. The average molecular weight is 727 g/mol. The first kappa shape index (κ1) is 31.0. The second-order valence-electron chi connectivity index (χ2n) is 11.2. The number of rotatable bonds is 2. The van der Waals surface area contributed by atoms with Gasteiger partial charge in [-0.25, -0.2) is 38.4 Å². The number of nitrogens with zero attached hydrogens (tertiary/aromatic N) is 9. The van der Waals surface area contributed by atoms with E-state index in [2.05, 4.69) is 61.0 Å². The Bertz CT molecular complexity index is 2170. The van der Waals surface area contributed by atoms with Crippen molar-refractivity contribution in [2.24, 2.45) is 11.8 Å². The number of hydrogen-bond donors (Lipinski definition) is 4. The molecule has 8 rings (SSSR count). The van der Waals surface area contributed by atoms with Gasteiger partial charge < -0.3 is 29.2 Å². The molecule has 2 saturated heterocycles. The van der Waals surface area contributed by atoms with Crippen molar-refractivity contribution in [1.82, 2.24) is 43.4 Å². The van der Waals surface area contributed by atoms with E-state index in [1.165, 1.54) is 34.1 Å². The zero-order valence-electron chi connectivity index (χ0n) is 23.8. The van der Waals surface area contributed by atoms with Crippen molar-refractivity contribution in [2.45, 2.75) is 37.1 Å². The third-order valence-corrected chi connectivity index (χ3v) is 11.6. The number of fused-ring (bicyclic) bond motifs is 5. The molecule has 5 aromatic rings. The van der Waals surface area contributed by atoms with Crippen LogP contribution in [-0.2, 0) is 32.0 Å². The van der Waals surface area contributed by atoms with Crippen molar-refractivity contribution < 1.29 is 41.5 Å². The van der Waals surface area contributed by atoms with Crippen molar-refractivity contribution in [1.29, 1.82) is 0 Å². The summed E-state index contributed by atoms with van der Waals surface area (Å²) in [5, 5.41) is 10.7. The first-order valence-electron chi connectivity index (χ1n) is 14.0. The number of aromatic hydroxyl groups is 1. The van der Waals surface area contributed by atoms with Crippen molar-refractivity contribution in [3.8, 4) is 5.88 Å². The molecule has 9 atom stereocenters. The standard InChI is InChI=1S/C24H25FN10O8P2S2/c1-10-14-11(4-12(14)34-8-31-17-21(34)32-24-27-2-3-33(24)22(17)36)5-39-45(38,47)43-18-13(6-40-44(37,46)42-10)41-23(15(18)25)35-9-30-16-19(26)28-7-29-20(16)35/h2-3,7-9,11-15,18,23,36H,1,4-6H2,(H,37,46)(H,38,47)(H2,26,28,29)/t11-,12-,13-,14-,15-,18-,23-,44+,45-/m1/s1. The third-order valence-electron chi connectivity index (χ3n) is 8.50. The molecule has 248 valence electrons. The number of aromatic nitrogens is 9. The van der Waals surface area contributed by atoms with E-state index in [-0.39, 0.29) is 46.5 Å². The largest absolute Gasteiger partial charge is 0.493 e. The first-order valence-corrected chi connectivity index (χ1v) is 19.4. The van der Waals surface area contributed by atoms with Crippen LogP contribution < -0.4 is 5.73 Å². The Balaban J connectivity index is 1.08. The molecule has 0 bridgehead atoms. The molecule has 3 N–H and O–H groups in total. The van der Waals surface area contributed by atoms with Crippen molar-refractivity contribution in [3.63, 3.8) is 0 Å². The third kappa shape index (κ3) is 5.20. The summed E-state index contributed by atoms with van der Waals surface area (Å²) in [4.78, 5) is 25.1. The van der Waals surface area contributed by atoms with Gasteiger partial charge in [0.15, 0.2) is 35.0 Å². The van der Waals surface area contributed by atoms with Gasteiger partial charge in [0.25, 0.3) is 0 Å². The summed E-state index contributed by atoms with van der Waals surface area (Å²) >= 11 is 8.27. The highest BCUT2D eigenvalue weighted by Crippen LogP contribution is 2.62. The maximum Gasteiger partial charge on any atom is 0.436 e. The molecule has 47 heavy (non-hydrogen) atoms. The van der Waals surface area contributed by atoms with Crippen LogP contribution in [0.2, 0.25) is 0 Å². The van der Waals surface area contributed by atoms with E-state index in [9.17, 15) is 14.2 Å². The topological polar surface area (TPSA) is 218 Å². The number of anilines is 1. The Kier molecular flexibility index (Phi) is 7.34. The molecule has 23 heteroatoms. The highest BCUT2D eigenvalue weighted by Gasteiger charge is 2.53. The minimum atomic E-state index is -4.23. The molecule has 3 fully saturated rings. The molecule has 0 radical (unpaired) electrons. The van der Waals surface area contributed by atoms with Gasteiger partial charge in [0.1, 0.15) is 29.8 Å². The van der Waals surface area contributed by atoms with Crippen LogP contribution in [0.15, 0.2) is 43.7 Å². The molecule has 3 aliphatic rings. The zero-order chi connectivity index (χ0) is 32.8. The van der Waals surface area contributed by atoms with Crippen LogP contribution in [0.4, 0.5) is 10.2 Å². The molecule has 0 unspecified atom stereocenters. The summed E-state index contributed by atoms with van der Waals surface area (Å²) in [6, 6.07) is -0.425. The normalized spacial score (nSPS) is 35.0. The monoisotopic (exact) mass is 726 g/mol. The van der Waals surface area contributed by atoms with Crippen LogP contribution in [0.3, 0.4) is 0 Å². The van der Waals surface area contributed by atoms with E-state index in [0.717, 1.165) is 0 Å².